The smallest absolute Gasteiger partial charge is 0.363 e. The first-order valence-corrected chi connectivity index (χ1v) is 6.14. The van der Waals surface area contributed by atoms with Crippen molar-refractivity contribution in [3.63, 3.8) is 0 Å². The van der Waals surface area contributed by atoms with Gasteiger partial charge in [0.05, 0.1) is 5.69 Å². The third kappa shape index (κ3) is 4.06. The van der Waals surface area contributed by atoms with Gasteiger partial charge in [-0.1, -0.05) is 30.3 Å². The number of pyridine rings is 1. The predicted molar refractivity (Wildman–Crippen MR) is 74.1 cm³/mol. The van der Waals surface area contributed by atoms with Gasteiger partial charge in [-0.25, -0.2) is 0 Å². The third-order valence-corrected chi connectivity index (χ3v) is 2.75. The summed E-state index contributed by atoms with van der Waals surface area (Å²) in [6.07, 6.45) is 3.50. The maximum absolute atomic E-state index is 10.5. The molecule has 0 fully saturated rings. The lowest BCUT2D eigenvalue weighted by Gasteiger charge is -2.04. The summed E-state index contributed by atoms with van der Waals surface area (Å²) in [7, 11) is 0. The Labute approximate surface area is 111 Å². The Morgan fingerprint density at radius 3 is 2.58 bits per heavy atom. The van der Waals surface area contributed by atoms with Crippen LogP contribution < -0.4 is 5.32 Å². The van der Waals surface area contributed by atoms with Crippen LogP contribution in [0.25, 0.3) is 0 Å². The Hall–Kier alpha value is -2.43. The minimum absolute atomic E-state index is 0.130. The number of hydrogen-bond acceptors (Lipinski definition) is 4. The molecule has 0 aliphatic carbocycles. The minimum atomic E-state index is -0.501. The molecular formula is C14H15N3O2. The van der Waals surface area contributed by atoms with Crippen LogP contribution in [0.15, 0.2) is 48.7 Å². The summed E-state index contributed by atoms with van der Waals surface area (Å²) in [5.41, 5.74) is 2.12. The quantitative estimate of drug-likeness (QED) is 0.490. The average Bonchev–Trinajstić information content (AvgIpc) is 2.45. The number of aromatic nitrogens is 1. The number of anilines is 1. The summed E-state index contributed by atoms with van der Waals surface area (Å²) in [6, 6.07) is 13.4. The van der Waals surface area contributed by atoms with Crippen molar-refractivity contribution in [3.05, 3.63) is 64.3 Å². The Morgan fingerprint density at radius 1 is 1.16 bits per heavy atom. The van der Waals surface area contributed by atoms with Gasteiger partial charge in [-0.3, -0.25) is 0 Å². The fourth-order valence-electron chi connectivity index (χ4n) is 1.77. The Morgan fingerprint density at radius 2 is 1.95 bits per heavy atom. The number of nitrogens with zero attached hydrogens (tertiary/aromatic N) is 2. The van der Waals surface area contributed by atoms with Gasteiger partial charge >= 0.3 is 5.82 Å². The maximum atomic E-state index is 10.5. The van der Waals surface area contributed by atoms with E-state index in [-0.39, 0.29) is 5.82 Å². The molecule has 0 amide bonds. The lowest BCUT2D eigenvalue weighted by molar-refractivity contribution is -0.389. The molecule has 2 rings (SSSR count). The largest absolute Gasteiger partial charge is 0.382 e. The van der Waals surface area contributed by atoms with Crippen LogP contribution in [0, 0.1) is 10.1 Å². The molecule has 98 valence electrons. The summed E-state index contributed by atoms with van der Waals surface area (Å²) in [5, 5.41) is 13.6. The predicted octanol–water partition coefficient (Wildman–Crippen LogP) is 3.03. The molecule has 0 aliphatic heterocycles. The number of nitrogens with one attached hydrogen (secondary N) is 1. The van der Waals surface area contributed by atoms with Gasteiger partial charge < -0.3 is 15.4 Å². The summed E-state index contributed by atoms with van der Waals surface area (Å²) in [6.45, 7) is 0.814. The molecule has 0 spiro atoms. The van der Waals surface area contributed by atoms with E-state index in [1.807, 2.05) is 18.2 Å². The molecule has 0 atom stereocenters. The number of rotatable bonds is 6. The zero-order chi connectivity index (χ0) is 13.5. The lowest BCUT2D eigenvalue weighted by atomic mass is 10.1. The van der Waals surface area contributed by atoms with E-state index in [2.05, 4.69) is 22.4 Å². The number of nitro groups is 1. The van der Waals surface area contributed by atoms with E-state index >= 15 is 0 Å². The van der Waals surface area contributed by atoms with Crippen molar-refractivity contribution in [2.24, 2.45) is 0 Å². The van der Waals surface area contributed by atoms with Gasteiger partial charge in [-0.15, -0.1) is 0 Å². The van der Waals surface area contributed by atoms with Crippen LogP contribution in [0.5, 0.6) is 0 Å². The molecule has 0 saturated carbocycles. The minimum Gasteiger partial charge on any atom is -0.382 e. The molecule has 0 unspecified atom stereocenters. The lowest BCUT2D eigenvalue weighted by Crippen LogP contribution is -2.03. The summed E-state index contributed by atoms with van der Waals surface area (Å²) in [5.74, 6) is -0.130. The van der Waals surface area contributed by atoms with Crippen molar-refractivity contribution >= 4 is 11.5 Å². The molecule has 2 aromatic rings. The number of benzene rings is 1. The van der Waals surface area contributed by atoms with E-state index in [4.69, 9.17) is 0 Å². The maximum Gasteiger partial charge on any atom is 0.363 e. The van der Waals surface area contributed by atoms with Crippen molar-refractivity contribution in [1.82, 2.24) is 4.98 Å². The van der Waals surface area contributed by atoms with E-state index in [0.717, 1.165) is 25.1 Å². The van der Waals surface area contributed by atoms with Crippen LogP contribution in [0.4, 0.5) is 11.5 Å². The zero-order valence-electron chi connectivity index (χ0n) is 10.5. The first-order chi connectivity index (χ1) is 9.25. The van der Waals surface area contributed by atoms with Crippen LogP contribution in [0.1, 0.15) is 12.0 Å². The van der Waals surface area contributed by atoms with Crippen LogP contribution in [-0.4, -0.2) is 16.5 Å². The highest BCUT2D eigenvalue weighted by molar-refractivity contribution is 5.43. The first kappa shape index (κ1) is 13.0. The van der Waals surface area contributed by atoms with Gasteiger partial charge in [0.1, 0.15) is 0 Å². The average molecular weight is 257 g/mol. The molecule has 0 aliphatic rings. The van der Waals surface area contributed by atoms with Gasteiger partial charge in [0.25, 0.3) is 0 Å². The highest BCUT2D eigenvalue weighted by Crippen LogP contribution is 2.11. The molecule has 5 heteroatoms. The highest BCUT2D eigenvalue weighted by atomic mass is 16.6. The van der Waals surface area contributed by atoms with Crippen LogP contribution >= 0.6 is 0 Å². The monoisotopic (exact) mass is 257 g/mol. The summed E-state index contributed by atoms with van der Waals surface area (Å²) < 4.78 is 0. The fourth-order valence-corrected chi connectivity index (χ4v) is 1.77. The van der Waals surface area contributed by atoms with E-state index in [1.165, 1.54) is 17.8 Å². The van der Waals surface area contributed by atoms with E-state index in [0.29, 0.717) is 0 Å². The molecule has 0 radical (unpaired) electrons. The number of hydrogen-bond donors (Lipinski definition) is 1. The fraction of sp³-hybridized carbons (Fsp3) is 0.214. The molecule has 1 N–H and O–H groups in total. The molecular weight excluding hydrogens is 242 g/mol. The SMILES string of the molecule is O=[N+]([O-])c1ccc(NCCCc2ccccc2)cn1. The molecule has 0 saturated heterocycles. The van der Waals surface area contributed by atoms with Crippen molar-refractivity contribution in [1.29, 1.82) is 0 Å². The van der Waals surface area contributed by atoms with Gasteiger partial charge in [0, 0.05) is 12.6 Å². The van der Waals surface area contributed by atoms with Crippen LogP contribution in [-0.2, 0) is 6.42 Å². The van der Waals surface area contributed by atoms with Crippen molar-refractivity contribution < 1.29 is 4.92 Å². The molecule has 1 aromatic heterocycles. The van der Waals surface area contributed by atoms with Crippen LogP contribution in [0.3, 0.4) is 0 Å². The Kier molecular flexibility index (Phi) is 4.44. The molecule has 19 heavy (non-hydrogen) atoms. The number of aryl methyl sites for hydroxylation is 1. The Balaban J connectivity index is 1.75. The summed E-state index contributed by atoms with van der Waals surface area (Å²) >= 11 is 0. The van der Waals surface area contributed by atoms with Gasteiger partial charge in [0.2, 0.25) is 0 Å². The van der Waals surface area contributed by atoms with Crippen LogP contribution in [0.2, 0.25) is 0 Å². The van der Waals surface area contributed by atoms with E-state index in [1.54, 1.807) is 6.07 Å². The second-order valence-corrected chi connectivity index (χ2v) is 4.18. The van der Waals surface area contributed by atoms with E-state index < -0.39 is 4.92 Å². The Bertz CT molecular complexity index is 526. The molecule has 1 aromatic carbocycles. The topological polar surface area (TPSA) is 68.1 Å². The summed E-state index contributed by atoms with van der Waals surface area (Å²) in [4.78, 5) is 13.7. The molecule has 5 nitrogen and oxygen atoms in total. The third-order valence-electron chi connectivity index (χ3n) is 2.75. The van der Waals surface area contributed by atoms with Crippen molar-refractivity contribution in [2.45, 2.75) is 12.8 Å². The first-order valence-electron chi connectivity index (χ1n) is 6.14. The van der Waals surface area contributed by atoms with E-state index in [9.17, 15) is 10.1 Å². The van der Waals surface area contributed by atoms with Gasteiger partial charge in [-0.2, -0.15) is 0 Å². The molecule has 0 bridgehead atoms. The van der Waals surface area contributed by atoms with Crippen molar-refractivity contribution in [2.75, 3.05) is 11.9 Å². The molecule has 1 heterocycles. The van der Waals surface area contributed by atoms with Crippen molar-refractivity contribution in [3.8, 4) is 0 Å². The van der Waals surface area contributed by atoms with Gasteiger partial charge in [-0.05, 0) is 34.4 Å². The highest BCUT2D eigenvalue weighted by Gasteiger charge is 2.05. The zero-order valence-corrected chi connectivity index (χ0v) is 10.5. The second kappa shape index (κ2) is 6.49. The standard InChI is InChI=1S/C14H15N3O2/c18-17(19)14-9-8-13(11-16-14)15-10-4-7-12-5-2-1-3-6-12/h1-3,5-6,8-9,11,15H,4,7,10H2. The normalized spacial score (nSPS) is 10.1. The second-order valence-electron chi connectivity index (χ2n) is 4.18. The van der Waals surface area contributed by atoms with Gasteiger partial charge in [0.15, 0.2) is 6.20 Å².